The Morgan fingerprint density at radius 1 is 0.278 bits per heavy atom. The van der Waals surface area contributed by atoms with E-state index >= 15 is 0 Å². The van der Waals surface area contributed by atoms with E-state index in [1.165, 1.54) is 0 Å². The largest absolute Gasteiger partial charge is 0.256 e. The third kappa shape index (κ3) is 5.13. The molecule has 11 aromatic rings. The Hall–Kier alpha value is -7.37. The van der Waals surface area contributed by atoms with Crippen LogP contribution in [0.3, 0.4) is 0 Å². The van der Waals surface area contributed by atoms with Crippen LogP contribution in [0.5, 0.6) is 0 Å². The number of hydrogen-bond donors (Lipinski definition) is 0. The quantitative estimate of drug-likeness (QED) is 0.172. The van der Waals surface area contributed by atoms with Crippen LogP contribution in [0.15, 0.2) is 176 Å². The van der Waals surface area contributed by atoms with Crippen molar-refractivity contribution in [1.82, 2.24) is 24.9 Å². The van der Waals surface area contributed by atoms with Crippen molar-refractivity contribution < 1.29 is 0 Å². The van der Waals surface area contributed by atoms with Gasteiger partial charge < -0.3 is 0 Å². The average Bonchev–Trinajstić information content (AvgIpc) is 3.24. The van der Waals surface area contributed by atoms with E-state index in [1.54, 1.807) is 0 Å². The monoisotopic (exact) mass is 687 g/mol. The molecular weight excluding hydrogens is 659 g/mol. The fourth-order valence-corrected chi connectivity index (χ4v) is 7.67. The smallest absolute Gasteiger partial charge is 0.0972 e. The highest BCUT2D eigenvalue weighted by Gasteiger charge is 2.11. The number of hydrogen-bond acceptors (Lipinski definition) is 5. The molecule has 5 aromatic heterocycles. The fourth-order valence-electron chi connectivity index (χ4n) is 7.67. The van der Waals surface area contributed by atoms with E-state index in [4.69, 9.17) is 15.0 Å². The zero-order valence-corrected chi connectivity index (χ0v) is 29.0. The second kappa shape index (κ2) is 12.1. The lowest BCUT2D eigenvalue weighted by atomic mass is 9.99. The van der Waals surface area contributed by atoms with Gasteiger partial charge in [0.2, 0.25) is 0 Å². The SMILES string of the molecule is c1cnc2c(-c3ccc4ccc(-c5ccc6nc(-c7ccc8cc(-c9ccc%10ccc%11cccnc%11c%10n9)ccc8c7)ccc6c5)cc4n3)cccc2c1. The van der Waals surface area contributed by atoms with Crippen molar-refractivity contribution in [3.63, 3.8) is 0 Å². The Kier molecular flexibility index (Phi) is 6.79. The number of benzene rings is 6. The summed E-state index contributed by atoms with van der Waals surface area (Å²) in [6.45, 7) is 0. The summed E-state index contributed by atoms with van der Waals surface area (Å²) in [5, 5.41) is 7.80. The third-order valence-electron chi connectivity index (χ3n) is 10.5. The summed E-state index contributed by atoms with van der Waals surface area (Å²) in [7, 11) is 0. The maximum absolute atomic E-state index is 5.09. The average molecular weight is 688 g/mol. The Morgan fingerprint density at radius 3 is 1.61 bits per heavy atom. The van der Waals surface area contributed by atoms with Crippen LogP contribution in [0.1, 0.15) is 0 Å². The van der Waals surface area contributed by atoms with E-state index < -0.39 is 0 Å². The van der Waals surface area contributed by atoms with Gasteiger partial charge in [-0.25, -0.2) is 15.0 Å². The van der Waals surface area contributed by atoms with Crippen molar-refractivity contribution in [1.29, 1.82) is 0 Å². The van der Waals surface area contributed by atoms with E-state index in [-0.39, 0.29) is 0 Å². The van der Waals surface area contributed by atoms with E-state index in [1.807, 2.05) is 24.5 Å². The molecule has 0 aliphatic carbocycles. The summed E-state index contributed by atoms with van der Waals surface area (Å²) in [6.07, 6.45) is 3.67. The third-order valence-corrected chi connectivity index (χ3v) is 10.5. The Morgan fingerprint density at radius 2 is 0.796 bits per heavy atom. The summed E-state index contributed by atoms with van der Waals surface area (Å²) < 4.78 is 0. The molecule has 0 saturated heterocycles. The van der Waals surface area contributed by atoms with Crippen molar-refractivity contribution in [3.8, 4) is 44.9 Å². The number of para-hydroxylation sites is 1. The summed E-state index contributed by atoms with van der Waals surface area (Å²) in [6, 6.07) is 57.4. The molecule has 0 N–H and O–H groups in total. The van der Waals surface area contributed by atoms with Crippen LogP contribution in [-0.4, -0.2) is 24.9 Å². The van der Waals surface area contributed by atoms with Crippen LogP contribution >= 0.6 is 0 Å². The summed E-state index contributed by atoms with van der Waals surface area (Å²) in [5.41, 5.74) is 13.0. The van der Waals surface area contributed by atoms with Gasteiger partial charge in [-0.1, -0.05) is 103 Å². The highest BCUT2D eigenvalue weighted by Crippen LogP contribution is 2.33. The van der Waals surface area contributed by atoms with Crippen LogP contribution in [0, 0.1) is 0 Å². The summed E-state index contributed by atoms with van der Waals surface area (Å²) >= 11 is 0. The van der Waals surface area contributed by atoms with Crippen LogP contribution in [0.2, 0.25) is 0 Å². The number of pyridine rings is 5. The van der Waals surface area contributed by atoms with Crippen LogP contribution in [0.25, 0.3) is 110 Å². The first-order valence-electron chi connectivity index (χ1n) is 18.1. The molecule has 0 saturated carbocycles. The standard InChI is InChI=1S/C49H29N5/c1-4-31-5-2-24-50-47(31)41(7-1)45-23-16-30-8-11-37(29-46(30)53-45)36-18-21-42-40(28-36)19-22-43(52-42)38-14-12-35-27-39(15-13-34(35)26-38)44-20-17-33-10-9-32-6-3-25-51-48(32)49(33)54-44/h1-29H. The van der Waals surface area contributed by atoms with Gasteiger partial charge in [0.05, 0.1) is 44.7 Å². The molecule has 54 heavy (non-hydrogen) atoms. The predicted octanol–water partition coefficient (Wildman–Crippen LogP) is 12.2. The summed E-state index contributed by atoms with van der Waals surface area (Å²) in [5.74, 6) is 0. The molecule has 0 bridgehead atoms. The van der Waals surface area contributed by atoms with Gasteiger partial charge in [-0.15, -0.1) is 0 Å². The minimum absolute atomic E-state index is 0.918. The second-order valence-electron chi connectivity index (χ2n) is 13.8. The molecule has 5 nitrogen and oxygen atoms in total. The number of aromatic nitrogens is 5. The lowest BCUT2D eigenvalue weighted by molar-refractivity contribution is 1.37. The molecule has 0 spiro atoms. The lowest BCUT2D eigenvalue weighted by Crippen LogP contribution is -1.90. The molecule has 0 atom stereocenters. The van der Waals surface area contributed by atoms with Crippen molar-refractivity contribution in [2.75, 3.05) is 0 Å². The summed E-state index contributed by atoms with van der Waals surface area (Å²) in [4.78, 5) is 24.5. The van der Waals surface area contributed by atoms with Crippen molar-refractivity contribution in [2.24, 2.45) is 0 Å². The minimum Gasteiger partial charge on any atom is -0.256 e. The fraction of sp³-hybridized carbons (Fsp3) is 0. The van der Waals surface area contributed by atoms with Gasteiger partial charge in [-0.05, 0) is 82.6 Å². The molecule has 250 valence electrons. The van der Waals surface area contributed by atoms with Crippen molar-refractivity contribution in [3.05, 3.63) is 176 Å². The number of fused-ring (bicyclic) bond motifs is 7. The molecule has 0 aliphatic heterocycles. The molecule has 0 amide bonds. The minimum atomic E-state index is 0.918. The Labute approximate surface area is 310 Å². The maximum Gasteiger partial charge on any atom is 0.0972 e. The topological polar surface area (TPSA) is 64.5 Å². The lowest BCUT2D eigenvalue weighted by Gasteiger charge is -2.10. The molecule has 0 fully saturated rings. The zero-order chi connectivity index (χ0) is 35.6. The van der Waals surface area contributed by atoms with Crippen LogP contribution in [0.4, 0.5) is 0 Å². The first-order valence-corrected chi connectivity index (χ1v) is 18.1. The number of nitrogens with zero attached hydrogens (tertiary/aromatic N) is 5. The van der Waals surface area contributed by atoms with Gasteiger partial charge in [0.15, 0.2) is 0 Å². The second-order valence-corrected chi connectivity index (χ2v) is 13.8. The van der Waals surface area contributed by atoms with Gasteiger partial charge in [-0.2, -0.15) is 0 Å². The predicted molar refractivity (Wildman–Crippen MR) is 222 cm³/mol. The zero-order valence-electron chi connectivity index (χ0n) is 29.0. The molecule has 0 radical (unpaired) electrons. The Bertz CT molecular complexity index is 3290. The highest BCUT2D eigenvalue weighted by atomic mass is 14.8. The molecular formula is C49H29N5. The molecule has 6 aromatic carbocycles. The molecule has 5 heteroatoms. The maximum atomic E-state index is 5.09. The van der Waals surface area contributed by atoms with E-state index in [2.05, 4.69) is 162 Å². The van der Waals surface area contributed by atoms with Gasteiger partial charge in [-0.3, -0.25) is 9.97 Å². The molecule has 5 heterocycles. The molecule has 0 unspecified atom stereocenters. The van der Waals surface area contributed by atoms with Gasteiger partial charge >= 0.3 is 0 Å². The van der Waals surface area contributed by atoms with E-state index in [0.29, 0.717) is 0 Å². The molecule has 11 rings (SSSR count). The van der Waals surface area contributed by atoms with E-state index in [0.717, 1.165) is 110 Å². The first-order chi connectivity index (χ1) is 26.7. The van der Waals surface area contributed by atoms with Crippen molar-refractivity contribution in [2.45, 2.75) is 0 Å². The molecule has 0 aliphatic rings. The van der Waals surface area contributed by atoms with Crippen LogP contribution < -0.4 is 0 Å². The number of rotatable bonds is 4. The first kappa shape index (κ1) is 30.3. The Balaban J connectivity index is 0.893. The van der Waals surface area contributed by atoms with Crippen molar-refractivity contribution >= 4 is 65.3 Å². The van der Waals surface area contributed by atoms with Gasteiger partial charge in [0.25, 0.3) is 0 Å². The normalized spacial score (nSPS) is 11.7. The van der Waals surface area contributed by atoms with Crippen LogP contribution in [-0.2, 0) is 0 Å². The highest BCUT2D eigenvalue weighted by molar-refractivity contribution is 6.03. The van der Waals surface area contributed by atoms with Gasteiger partial charge in [0.1, 0.15) is 0 Å². The van der Waals surface area contributed by atoms with E-state index in [9.17, 15) is 0 Å². The van der Waals surface area contributed by atoms with Gasteiger partial charge in [0, 0.05) is 56.0 Å².